The Morgan fingerprint density at radius 3 is 2.00 bits per heavy atom. The summed E-state index contributed by atoms with van der Waals surface area (Å²) in [5.41, 5.74) is 6.87. The van der Waals surface area contributed by atoms with Crippen LogP contribution in [-0.4, -0.2) is 17.9 Å². The molecular formula is C15H19N3O2. The van der Waals surface area contributed by atoms with Crippen molar-refractivity contribution in [1.82, 2.24) is 0 Å². The largest absolute Gasteiger partial charge is 0.326 e. The summed E-state index contributed by atoms with van der Waals surface area (Å²) in [6.45, 7) is 3.63. The molecule has 0 fully saturated rings. The molecule has 0 aromatic heterocycles. The number of nitrogens with two attached hydrogens (primary N) is 1. The molecule has 5 heteroatoms. The van der Waals surface area contributed by atoms with Gasteiger partial charge in [0.1, 0.15) is 0 Å². The summed E-state index contributed by atoms with van der Waals surface area (Å²) < 4.78 is 0. The van der Waals surface area contributed by atoms with Gasteiger partial charge in [-0.25, -0.2) is 0 Å². The molecule has 1 rings (SSSR count). The van der Waals surface area contributed by atoms with Gasteiger partial charge in [0.05, 0.1) is 6.04 Å². The molecule has 4 N–H and O–H groups in total. The molecule has 0 bridgehead atoms. The van der Waals surface area contributed by atoms with Gasteiger partial charge in [-0.2, -0.15) is 0 Å². The second-order valence-electron chi connectivity index (χ2n) is 4.73. The van der Waals surface area contributed by atoms with Gasteiger partial charge in [-0.1, -0.05) is 13.8 Å². The maximum absolute atomic E-state index is 11.7. The van der Waals surface area contributed by atoms with Crippen LogP contribution in [-0.2, 0) is 9.59 Å². The van der Waals surface area contributed by atoms with Crippen LogP contribution in [0, 0.1) is 18.3 Å². The Kier molecular flexibility index (Phi) is 5.75. The Labute approximate surface area is 118 Å². The SMILES string of the molecule is C#CCC(N)C(=O)Nc1ccc(NC(=O)C(C)C)cc1. The highest BCUT2D eigenvalue weighted by Gasteiger charge is 2.12. The molecule has 0 spiro atoms. The molecule has 0 aliphatic carbocycles. The summed E-state index contributed by atoms with van der Waals surface area (Å²) in [6, 6.07) is 6.08. The number of carbonyl (C=O) groups excluding carboxylic acids is 2. The number of terminal acetylenes is 1. The quantitative estimate of drug-likeness (QED) is 0.712. The van der Waals surface area contributed by atoms with E-state index in [-0.39, 0.29) is 24.2 Å². The Hall–Kier alpha value is -2.32. The molecule has 1 unspecified atom stereocenters. The van der Waals surface area contributed by atoms with Crippen molar-refractivity contribution in [2.75, 3.05) is 10.6 Å². The van der Waals surface area contributed by atoms with E-state index in [1.54, 1.807) is 24.3 Å². The summed E-state index contributed by atoms with van der Waals surface area (Å²) in [6.07, 6.45) is 5.29. The van der Waals surface area contributed by atoms with Gasteiger partial charge in [0, 0.05) is 23.7 Å². The topological polar surface area (TPSA) is 84.2 Å². The number of nitrogens with one attached hydrogen (secondary N) is 2. The first-order valence-corrected chi connectivity index (χ1v) is 6.35. The van der Waals surface area contributed by atoms with Crippen LogP contribution in [0.25, 0.3) is 0 Å². The summed E-state index contributed by atoms with van der Waals surface area (Å²) in [4.78, 5) is 23.2. The zero-order chi connectivity index (χ0) is 15.1. The van der Waals surface area contributed by atoms with Gasteiger partial charge >= 0.3 is 0 Å². The molecule has 20 heavy (non-hydrogen) atoms. The van der Waals surface area contributed by atoms with E-state index in [2.05, 4.69) is 16.6 Å². The fourth-order valence-corrected chi connectivity index (χ4v) is 1.38. The molecule has 0 radical (unpaired) electrons. The van der Waals surface area contributed by atoms with Crippen molar-refractivity contribution in [3.63, 3.8) is 0 Å². The van der Waals surface area contributed by atoms with Crippen LogP contribution >= 0.6 is 0 Å². The van der Waals surface area contributed by atoms with E-state index in [0.29, 0.717) is 11.4 Å². The highest BCUT2D eigenvalue weighted by Crippen LogP contribution is 2.14. The monoisotopic (exact) mass is 273 g/mol. The van der Waals surface area contributed by atoms with Crippen molar-refractivity contribution in [2.24, 2.45) is 11.7 Å². The van der Waals surface area contributed by atoms with Crippen LogP contribution in [0.4, 0.5) is 11.4 Å². The molecule has 5 nitrogen and oxygen atoms in total. The summed E-state index contributed by atoms with van der Waals surface area (Å²) >= 11 is 0. The van der Waals surface area contributed by atoms with Crippen molar-refractivity contribution >= 4 is 23.2 Å². The predicted molar refractivity (Wildman–Crippen MR) is 80.0 cm³/mol. The zero-order valence-corrected chi connectivity index (χ0v) is 11.6. The number of hydrogen-bond donors (Lipinski definition) is 3. The Morgan fingerprint density at radius 1 is 1.15 bits per heavy atom. The minimum absolute atomic E-state index is 0.0576. The highest BCUT2D eigenvalue weighted by molar-refractivity contribution is 5.95. The Bertz CT molecular complexity index is 515. The molecule has 1 atom stereocenters. The van der Waals surface area contributed by atoms with Crippen molar-refractivity contribution in [2.45, 2.75) is 26.3 Å². The predicted octanol–water partition coefficient (Wildman–Crippen LogP) is 1.57. The van der Waals surface area contributed by atoms with Gasteiger partial charge in [-0.3, -0.25) is 9.59 Å². The Morgan fingerprint density at radius 2 is 1.60 bits per heavy atom. The van der Waals surface area contributed by atoms with Crippen molar-refractivity contribution < 1.29 is 9.59 Å². The highest BCUT2D eigenvalue weighted by atomic mass is 16.2. The second kappa shape index (κ2) is 7.31. The Balaban J connectivity index is 2.61. The minimum atomic E-state index is -0.722. The van der Waals surface area contributed by atoms with Gasteiger partial charge in [-0.15, -0.1) is 12.3 Å². The van der Waals surface area contributed by atoms with Crippen molar-refractivity contribution in [1.29, 1.82) is 0 Å². The first-order chi connectivity index (χ1) is 9.43. The lowest BCUT2D eigenvalue weighted by Gasteiger charge is -2.11. The average Bonchev–Trinajstić information content (AvgIpc) is 2.41. The van der Waals surface area contributed by atoms with E-state index in [1.807, 2.05) is 13.8 Å². The molecule has 0 aliphatic rings. The molecule has 0 saturated carbocycles. The van der Waals surface area contributed by atoms with Crippen molar-refractivity contribution in [3.05, 3.63) is 24.3 Å². The molecule has 0 heterocycles. The zero-order valence-electron chi connectivity index (χ0n) is 11.6. The molecule has 1 aromatic rings. The van der Waals surface area contributed by atoms with Crippen LogP contribution in [0.5, 0.6) is 0 Å². The van der Waals surface area contributed by atoms with E-state index in [0.717, 1.165) is 0 Å². The van der Waals surface area contributed by atoms with Gasteiger partial charge in [-0.05, 0) is 24.3 Å². The van der Waals surface area contributed by atoms with Crippen LogP contribution in [0.3, 0.4) is 0 Å². The number of benzene rings is 1. The number of anilines is 2. The number of carbonyl (C=O) groups is 2. The standard InChI is InChI=1S/C15H19N3O2/c1-4-5-13(16)15(20)18-12-8-6-11(7-9-12)17-14(19)10(2)3/h1,6-10,13H,5,16H2,2-3H3,(H,17,19)(H,18,20). The van der Waals surface area contributed by atoms with Gasteiger partial charge in [0.15, 0.2) is 0 Å². The van der Waals surface area contributed by atoms with Crippen molar-refractivity contribution in [3.8, 4) is 12.3 Å². The third kappa shape index (κ3) is 4.75. The summed E-state index contributed by atoms with van der Waals surface area (Å²) in [5, 5.41) is 5.42. The van der Waals surface area contributed by atoms with Gasteiger partial charge in [0.2, 0.25) is 11.8 Å². The molecular weight excluding hydrogens is 254 g/mol. The third-order valence-electron chi connectivity index (χ3n) is 2.62. The molecule has 1 aromatic carbocycles. The van der Waals surface area contributed by atoms with Crippen LogP contribution in [0.1, 0.15) is 20.3 Å². The third-order valence-corrected chi connectivity index (χ3v) is 2.62. The maximum atomic E-state index is 11.7. The van der Waals surface area contributed by atoms with E-state index >= 15 is 0 Å². The number of hydrogen-bond acceptors (Lipinski definition) is 3. The lowest BCUT2D eigenvalue weighted by molar-refractivity contribution is -0.119. The first kappa shape index (κ1) is 15.7. The molecule has 0 saturated heterocycles. The number of rotatable bonds is 5. The second-order valence-corrected chi connectivity index (χ2v) is 4.73. The van der Waals surface area contributed by atoms with Gasteiger partial charge < -0.3 is 16.4 Å². The van der Waals surface area contributed by atoms with E-state index in [9.17, 15) is 9.59 Å². The first-order valence-electron chi connectivity index (χ1n) is 6.35. The smallest absolute Gasteiger partial charge is 0.242 e. The molecule has 106 valence electrons. The minimum Gasteiger partial charge on any atom is -0.326 e. The lowest BCUT2D eigenvalue weighted by atomic mass is 10.2. The van der Waals surface area contributed by atoms with Crippen LogP contribution in [0.2, 0.25) is 0 Å². The summed E-state index contributed by atoms with van der Waals surface area (Å²) in [7, 11) is 0. The fourth-order valence-electron chi connectivity index (χ4n) is 1.38. The molecule has 0 aliphatic heterocycles. The average molecular weight is 273 g/mol. The van der Waals surface area contributed by atoms with Crippen LogP contribution < -0.4 is 16.4 Å². The number of amides is 2. The molecule has 2 amide bonds. The summed E-state index contributed by atoms with van der Waals surface area (Å²) in [5.74, 6) is 1.87. The normalized spacial score (nSPS) is 11.6. The van der Waals surface area contributed by atoms with Gasteiger partial charge in [0.25, 0.3) is 0 Å². The lowest BCUT2D eigenvalue weighted by Crippen LogP contribution is -2.35. The van der Waals surface area contributed by atoms with Crippen LogP contribution in [0.15, 0.2) is 24.3 Å². The van der Waals surface area contributed by atoms with E-state index < -0.39 is 6.04 Å². The van der Waals surface area contributed by atoms with E-state index in [1.165, 1.54) is 0 Å². The van der Waals surface area contributed by atoms with E-state index in [4.69, 9.17) is 12.2 Å². The maximum Gasteiger partial charge on any atom is 0.242 e. The fraction of sp³-hybridized carbons (Fsp3) is 0.333.